The largest absolute Gasteiger partial charge is 0.0885 e. The lowest BCUT2D eigenvalue weighted by atomic mass is 10.0. The van der Waals surface area contributed by atoms with Crippen molar-refractivity contribution in [2.45, 2.75) is 162 Å². The molecule has 0 aromatic carbocycles. The van der Waals surface area contributed by atoms with Crippen molar-refractivity contribution in [2.24, 2.45) is 0 Å². The molecule has 0 radical (unpaired) electrons. The highest BCUT2D eigenvalue weighted by atomic mass is 14.0. The summed E-state index contributed by atoms with van der Waals surface area (Å²) in [6, 6.07) is 0. The molecule has 0 nitrogen and oxygen atoms in total. The highest BCUT2D eigenvalue weighted by Gasteiger charge is 1.94. The standard InChI is InChI=1S/C29H56/c1-3-5-7-9-11-13-15-17-19-21-23-25-27-29-28-26-24-22-20-18-16-14-12-10-8-6-4-2/h13,15,21,23H,3-12,14,16-20,22,24-29H2,1-2H3/b15-13+,23-21+. The third kappa shape index (κ3) is 27.5. The minimum Gasteiger partial charge on any atom is -0.0885 e. The van der Waals surface area contributed by atoms with Crippen LogP contribution in [-0.4, -0.2) is 0 Å². The van der Waals surface area contributed by atoms with Crippen LogP contribution in [0.4, 0.5) is 0 Å². The highest BCUT2D eigenvalue weighted by Crippen LogP contribution is 2.14. The molecule has 0 aliphatic carbocycles. The quantitative estimate of drug-likeness (QED) is 0.111. The van der Waals surface area contributed by atoms with Crippen LogP contribution in [0, 0.1) is 0 Å². The Bertz CT molecular complexity index is 325. The van der Waals surface area contributed by atoms with Crippen LogP contribution in [0.25, 0.3) is 0 Å². The SMILES string of the molecule is CCCCCC/C=C/CC/C=C/CCCCCCCCCCCCCCCCC. The third-order valence-electron chi connectivity index (χ3n) is 6.03. The van der Waals surface area contributed by atoms with E-state index in [0.29, 0.717) is 0 Å². The molecule has 0 saturated carbocycles. The smallest absolute Gasteiger partial charge is 0.0316 e. The van der Waals surface area contributed by atoms with Crippen LogP contribution in [0.3, 0.4) is 0 Å². The molecule has 0 amide bonds. The predicted molar refractivity (Wildman–Crippen MR) is 136 cm³/mol. The van der Waals surface area contributed by atoms with Gasteiger partial charge in [-0.25, -0.2) is 0 Å². The Morgan fingerprint density at radius 2 is 0.517 bits per heavy atom. The Balaban J connectivity index is 3.10. The van der Waals surface area contributed by atoms with Crippen LogP contribution in [0.5, 0.6) is 0 Å². The van der Waals surface area contributed by atoms with Gasteiger partial charge in [0, 0.05) is 0 Å². The van der Waals surface area contributed by atoms with E-state index in [-0.39, 0.29) is 0 Å². The predicted octanol–water partition coefficient (Wildman–Crippen LogP) is 11.1. The zero-order chi connectivity index (χ0) is 21.1. The van der Waals surface area contributed by atoms with E-state index in [1.807, 2.05) is 0 Å². The van der Waals surface area contributed by atoms with E-state index in [1.54, 1.807) is 0 Å². The van der Waals surface area contributed by atoms with Crippen LogP contribution in [0.1, 0.15) is 162 Å². The van der Waals surface area contributed by atoms with Gasteiger partial charge in [-0.2, -0.15) is 0 Å². The third-order valence-corrected chi connectivity index (χ3v) is 6.03. The fourth-order valence-corrected chi connectivity index (χ4v) is 3.99. The van der Waals surface area contributed by atoms with Crippen molar-refractivity contribution in [3.8, 4) is 0 Å². The molecule has 0 heteroatoms. The summed E-state index contributed by atoms with van der Waals surface area (Å²) in [5, 5.41) is 0. The zero-order valence-corrected chi connectivity index (χ0v) is 20.6. The first-order valence-corrected chi connectivity index (χ1v) is 13.7. The molecule has 0 saturated heterocycles. The van der Waals surface area contributed by atoms with Gasteiger partial charge in [-0.3, -0.25) is 0 Å². The van der Waals surface area contributed by atoms with Gasteiger partial charge in [0.25, 0.3) is 0 Å². The second kappa shape index (κ2) is 27.5. The zero-order valence-electron chi connectivity index (χ0n) is 20.6. The van der Waals surface area contributed by atoms with Gasteiger partial charge in [-0.05, 0) is 38.5 Å². The average Bonchev–Trinajstić information content (AvgIpc) is 2.74. The van der Waals surface area contributed by atoms with E-state index in [2.05, 4.69) is 38.2 Å². The summed E-state index contributed by atoms with van der Waals surface area (Å²) in [5.41, 5.74) is 0. The maximum absolute atomic E-state index is 2.41. The number of hydrogen-bond acceptors (Lipinski definition) is 0. The molecule has 29 heavy (non-hydrogen) atoms. The van der Waals surface area contributed by atoms with Crippen LogP contribution in [0.15, 0.2) is 24.3 Å². The number of unbranched alkanes of at least 4 members (excludes halogenated alkanes) is 20. The van der Waals surface area contributed by atoms with Crippen molar-refractivity contribution in [2.75, 3.05) is 0 Å². The van der Waals surface area contributed by atoms with Gasteiger partial charge in [-0.1, -0.05) is 147 Å². The van der Waals surface area contributed by atoms with Crippen molar-refractivity contribution in [1.82, 2.24) is 0 Å². The monoisotopic (exact) mass is 404 g/mol. The Kier molecular flexibility index (Phi) is 27.0. The van der Waals surface area contributed by atoms with Crippen molar-refractivity contribution in [3.63, 3.8) is 0 Å². The van der Waals surface area contributed by atoms with Crippen molar-refractivity contribution < 1.29 is 0 Å². The van der Waals surface area contributed by atoms with E-state index in [0.717, 1.165) is 0 Å². The van der Waals surface area contributed by atoms with E-state index in [9.17, 15) is 0 Å². The molecule has 0 fully saturated rings. The molecule has 0 aromatic rings. The molecule has 0 atom stereocenters. The first-order valence-electron chi connectivity index (χ1n) is 13.7. The Labute approximate surface area is 186 Å². The molecule has 0 unspecified atom stereocenters. The topological polar surface area (TPSA) is 0 Å². The van der Waals surface area contributed by atoms with E-state index in [4.69, 9.17) is 0 Å². The summed E-state index contributed by atoms with van der Waals surface area (Å²) in [6.45, 7) is 4.58. The van der Waals surface area contributed by atoms with Crippen LogP contribution >= 0.6 is 0 Å². The van der Waals surface area contributed by atoms with Crippen molar-refractivity contribution >= 4 is 0 Å². The van der Waals surface area contributed by atoms with E-state index < -0.39 is 0 Å². The molecule has 0 spiro atoms. The summed E-state index contributed by atoms with van der Waals surface area (Å²) in [7, 11) is 0. The van der Waals surface area contributed by atoms with Gasteiger partial charge in [-0.15, -0.1) is 0 Å². The Morgan fingerprint density at radius 3 is 0.862 bits per heavy atom. The molecule has 172 valence electrons. The molecule has 0 aromatic heterocycles. The Hall–Kier alpha value is -0.520. The molecule has 0 aliphatic heterocycles. The molecule has 0 bridgehead atoms. The van der Waals surface area contributed by atoms with Gasteiger partial charge in [0.1, 0.15) is 0 Å². The first kappa shape index (κ1) is 28.5. The first-order chi connectivity index (χ1) is 14.4. The Morgan fingerprint density at radius 1 is 0.276 bits per heavy atom. The maximum Gasteiger partial charge on any atom is -0.0316 e. The van der Waals surface area contributed by atoms with Gasteiger partial charge >= 0.3 is 0 Å². The summed E-state index contributed by atoms with van der Waals surface area (Å²) in [6.07, 6.45) is 41.9. The average molecular weight is 405 g/mol. The van der Waals surface area contributed by atoms with Gasteiger partial charge in [0.2, 0.25) is 0 Å². The van der Waals surface area contributed by atoms with Gasteiger partial charge in [0.05, 0.1) is 0 Å². The minimum absolute atomic E-state index is 1.23. The fourth-order valence-electron chi connectivity index (χ4n) is 3.99. The fraction of sp³-hybridized carbons (Fsp3) is 0.862. The summed E-state index contributed by atoms with van der Waals surface area (Å²) < 4.78 is 0. The molecule has 0 N–H and O–H groups in total. The molecule has 0 rings (SSSR count). The lowest BCUT2D eigenvalue weighted by Gasteiger charge is -2.03. The normalized spacial score (nSPS) is 11.9. The summed E-state index contributed by atoms with van der Waals surface area (Å²) in [4.78, 5) is 0. The van der Waals surface area contributed by atoms with Crippen molar-refractivity contribution in [1.29, 1.82) is 0 Å². The maximum atomic E-state index is 2.41. The molecular formula is C29H56. The van der Waals surface area contributed by atoms with Crippen molar-refractivity contribution in [3.05, 3.63) is 24.3 Å². The summed E-state index contributed by atoms with van der Waals surface area (Å²) in [5.74, 6) is 0. The second-order valence-electron chi connectivity index (χ2n) is 9.11. The number of hydrogen-bond donors (Lipinski definition) is 0. The molecule has 0 heterocycles. The number of rotatable bonds is 24. The van der Waals surface area contributed by atoms with Crippen LogP contribution in [0.2, 0.25) is 0 Å². The second-order valence-corrected chi connectivity index (χ2v) is 9.11. The highest BCUT2D eigenvalue weighted by molar-refractivity contribution is 4.88. The van der Waals surface area contributed by atoms with E-state index in [1.165, 1.54) is 148 Å². The lowest BCUT2D eigenvalue weighted by molar-refractivity contribution is 0.533. The minimum atomic E-state index is 1.23. The number of allylic oxidation sites excluding steroid dienone is 4. The van der Waals surface area contributed by atoms with E-state index >= 15 is 0 Å². The van der Waals surface area contributed by atoms with Gasteiger partial charge in [0.15, 0.2) is 0 Å². The lowest BCUT2D eigenvalue weighted by Crippen LogP contribution is -1.83. The van der Waals surface area contributed by atoms with Crippen LogP contribution < -0.4 is 0 Å². The van der Waals surface area contributed by atoms with Crippen LogP contribution in [-0.2, 0) is 0 Å². The molecular weight excluding hydrogens is 348 g/mol. The molecule has 0 aliphatic rings. The van der Waals surface area contributed by atoms with Gasteiger partial charge < -0.3 is 0 Å². The summed E-state index contributed by atoms with van der Waals surface area (Å²) >= 11 is 0.